The molecule has 0 saturated carbocycles. The van der Waals surface area contributed by atoms with Crippen molar-refractivity contribution >= 4 is 94.4 Å². The molecule has 3 nitrogen and oxygen atoms in total. The van der Waals surface area contributed by atoms with Crippen molar-refractivity contribution in [2.24, 2.45) is 0 Å². The lowest BCUT2D eigenvalue weighted by molar-refractivity contribution is 0.590. The number of para-hydroxylation sites is 4. The molecule has 4 heteroatoms. The smallest absolute Gasteiger partial charge is 0.184 e. The van der Waals surface area contributed by atoms with E-state index in [1.165, 1.54) is 81.0 Å². The quantitative estimate of drug-likeness (QED) is 0.115. The number of nitrogens with zero attached hydrogens (tertiary/aromatic N) is 2. The maximum atomic E-state index is 7.16. The Morgan fingerprint density at radius 1 is 0.353 bits per heavy atom. The number of rotatable bonds is 7. The minimum atomic E-state index is -3.19. The largest absolute Gasteiger partial charge is 0.456 e. The molecule has 0 amide bonds. The molecule has 0 fully saturated rings. The van der Waals surface area contributed by atoms with Crippen molar-refractivity contribution in [2.75, 3.05) is 0 Å². The SMILES string of the molecule is CC(C)(C)c1ccc2oc3c([Si](c4ccccc4)(c4ccc(-c5ccccc5)cc4)c4cccc(-n5c6ccccc6c6cc(-n7c8ccccc8c8ccccc87)ccc65)c4)cccc3c2c1. The highest BCUT2D eigenvalue weighted by Gasteiger charge is 2.44. The molecule has 0 radical (unpaired) electrons. The molecule has 3 heterocycles. The van der Waals surface area contributed by atoms with E-state index in [-0.39, 0.29) is 5.41 Å². The summed E-state index contributed by atoms with van der Waals surface area (Å²) in [5.74, 6) is 0. The second-order valence-electron chi connectivity index (χ2n) is 19.3. The van der Waals surface area contributed by atoms with E-state index in [1.807, 2.05) is 0 Å². The summed E-state index contributed by atoms with van der Waals surface area (Å²) in [5.41, 5.74) is 12.6. The van der Waals surface area contributed by atoms with Crippen molar-refractivity contribution in [3.63, 3.8) is 0 Å². The summed E-state index contributed by atoms with van der Waals surface area (Å²) >= 11 is 0. The maximum absolute atomic E-state index is 7.16. The normalized spacial score (nSPS) is 13.0. The first kappa shape index (κ1) is 40.1. The van der Waals surface area contributed by atoms with Gasteiger partial charge in [0.05, 0.1) is 22.1 Å². The molecule has 0 aliphatic rings. The summed E-state index contributed by atoms with van der Waals surface area (Å²) < 4.78 is 12.0. The third kappa shape index (κ3) is 6.11. The molecule has 13 aromatic rings. The average molecular weight is 889 g/mol. The second-order valence-corrected chi connectivity index (χ2v) is 23.0. The van der Waals surface area contributed by atoms with Gasteiger partial charge in [0.1, 0.15) is 11.2 Å². The van der Waals surface area contributed by atoms with Gasteiger partial charge in [-0.05, 0) is 104 Å². The van der Waals surface area contributed by atoms with Crippen LogP contribution in [0, 0.1) is 0 Å². The molecule has 0 N–H and O–H groups in total. The van der Waals surface area contributed by atoms with Gasteiger partial charge in [0.2, 0.25) is 0 Å². The van der Waals surface area contributed by atoms with E-state index < -0.39 is 8.07 Å². The molecule has 1 unspecified atom stereocenters. The van der Waals surface area contributed by atoms with Crippen LogP contribution in [0.25, 0.3) is 88.1 Å². The molecular formula is C64H48N2OSi. The third-order valence-corrected chi connectivity index (χ3v) is 19.2. The minimum Gasteiger partial charge on any atom is -0.456 e. The molecule has 13 rings (SSSR count). The Bertz CT molecular complexity index is 4010. The Hall–Kier alpha value is -8.18. The van der Waals surface area contributed by atoms with E-state index in [0.29, 0.717) is 0 Å². The third-order valence-electron chi connectivity index (χ3n) is 14.4. The highest BCUT2D eigenvalue weighted by atomic mass is 28.3. The number of hydrogen-bond donors (Lipinski definition) is 0. The van der Waals surface area contributed by atoms with Gasteiger partial charge < -0.3 is 13.6 Å². The molecule has 0 bridgehead atoms. The van der Waals surface area contributed by atoms with E-state index in [2.05, 4.69) is 266 Å². The van der Waals surface area contributed by atoms with Crippen molar-refractivity contribution in [3.05, 3.63) is 242 Å². The fraction of sp³-hybridized carbons (Fsp3) is 0.0625. The van der Waals surface area contributed by atoms with Crippen LogP contribution in [0.5, 0.6) is 0 Å². The lowest BCUT2D eigenvalue weighted by Crippen LogP contribution is -2.74. The molecule has 0 saturated heterocycles. The molecule has 10 aromatic carbocycles. The molecule has 324 valence electrons. The van der Waals surface area contributed by atoms with Crippen LogP contribution in [-0.2, 0) is 5.41 Å². The van der Waals surface area contributed by atoms with E-state index in [4.69, 9.17) is 4.42 Å². The van der Waals surface area contributed by atoms with Crippen molar-refractivity contribution < 1.29 is 4.42 Å². The van der Waals surface area contributed by atoms with Crippen molar-refractivity contribution in [1.82, 2.24) is 9.13 Å². The molecule has 0 spiro atoms. The number of aromatic nitrogens is 2. The zero-order chi connectivity index (χ0) is 45.6. The number of benzene rings is 10. The average Bonchev–Trinajstić information content (AvgIpc) is 4.05. The fourth-order valence-electron chi connectivity index (χ4n) is 11.2. The number of fused-ring (bicyclic) bond motifs is 9. The van der Waals surface area contributed by atoms with E-state index in [1.54, 1.807) is 0 Å². The standard InChI is InChI=1S/C64H48N2OSi/c1-64(2,3)45-34-39-61-56(40-45)54-27-17-31-62(63(54)67-61)68(48-21-8-5-9-22-48,49-36-32-44(33-37-49)43-18-6-4-7-19-43)50-23-16-20-46(41-50)65-59-30-15-12-26-53(59)55-42-47(35-38-60(55)65)66-57-28-13-10-24-51(57)52-25-11-14-29-58(52)66/h4-42H,1-3H3. The second kappa shape index (κ2) is 15.4. The Morgan fingerprint density at radius 2 is 0.868 bits per heavy atom. The van der Waals surface area contributed by atoms with Gasteiger partial charge in [-0.1, -0.05) is 197 Å². The van der Waals surface area contributed by atoms with Crippen molar-refractivity contribution in [1.29, 1.82) is 0 Å². The van der Waals surface area contributed by atoms with Gasteiger partial charge in [0.25, 0.3) is 0 Å². The fourth-order valence-corrected chi connectivity index (χ4v) is 16.1. The van der Waals surface area contributed by atoms with Crippen molar-refractivity contribution in [2.45, 2.75) is 26.2 Å². The lowest BCUT2D eigenvalue weighted by Gasteiger charge is -2.34. The zero-order valence-electron chi connectivity index (χ0n) is 38.3. The van der Waals surface area contributed by atoms with Crippen LogP contribution < -0.4 is 20.7 Å². The lowest BCUT2D eigenvalue weighted by atomic mass is 9.86. The zero-order valence-corrected chi connectivity index (χ0v) is 39.3. The van der Waals surface area contributed by atoms with Crippen LogP contribution in [0.4, 0.5) is 0 Å². The first-order valence-corrected chi connectivity index (χ1v) is 25.7. The van der Waals surface area contributed by atoms with Gasteiger partial charge in [0.15, 0.2) is 8.07 Å². The van der Waals surface area contributed by atoms with E-state index in [0.717, 1.165) is 33.3 Å². The molecule has 0 aliphatic carbocycles. The van der Waals surface area contributed by atoms with Crippen LogP contribution in [0.1, 0.15) is 26.3 Å². The molecule has 0 aliphatic heterocycles. The van der Waals surface area contributed by atoms with Crippen LogP contribution in [0.3, 0.4) is 0 Å². The Balaban J connectivity index is 1.08. The molecular weight excluding hydrogens is 841 g/mol. The van der Waals surface area contributed by atoms with E-state index >= 15 is 0 Å². The number of hydrogen-bond acceptors (Lipinski definition) is 1. The first-order chi connectivity index (χ1) is 33.4. The van der Waals surface area contributed by atoms with Gasteiger partial charge >= 0.3 is 0 Å². The van der Waals surface area contributed by atoms with Gasteiger partial charge in [-0.3, -0.25) is 0 Å². The number of furan rings is 1. The topological polar surface area (TPSA) is 23.0 Å². The van der Waals surface area contributed by atoms with Crippen molar-refractivity contribution in [3.8, 4) is 22.5 Å². The Morgan fingerprint density at radius 3 is 1.53 bits per heavy atom. The van der Waals surface area contributed by atoms with Gasteiger partial charge in [-0.15, -0.1) is 0 Å². The maximum Gasteiger partial charge on any atom is 0.184 e. The molecule has 1 atom stereocenters. The summed E-state index contributed by atoms with van der Waals surface area (Å²) in [4.78, 5) is 0. The predicted octanol–water partition coefficient (Wildman–Crippen LogP) is 14.1. The van der Waals surface area contributed by atoms with Gasteiger partial charge in [-0.25, -0.2) is 0 Å². The van der Waals surface area contributed by atoms with Crippen LogP contribution in [0.15, 0.2) is 241 Å². The summed E-state index contributed by atoms with van der Waals surface area (Å²) in [6, 6.07) is 87.8. The predicted molar refractivity (Wildman–Crippen MR) is 290 cm³/mol. The highest BCUT2D eigenvalue weighted by molar-refractivity contribution is 7.20. The minimum absolute atomic E-state index is 0.00170. The Kier molecular flexibility index (Phi) is 9.11. The summed E-state index contributed by atoms with van der Waals surface area (Å²) in [7, 11) is -3.19. The van der Waals surface area contributed by atoms with Crippen LogP contribution in [0.2, 0.25) is 0 Å². The van der Waals surface area contributed by atoms with Gasteiger partial charge in [0, 0.05) is 43.7 Å². The van der Waals surface area contributed by atoms with Crippen LogP contribution >= 0.6 is 0 Å². The van der Waals surface area contributed by atoms with Crippen LogP contribution in [-0.4, -0.2) is 17.2 Å². The first-order valence-electron chi connectivity index (χ1n) is 23.7. The monoisotopic (exact) mass is 888 g/mol. The Labute approximate surface area is 396 Å². The molecule has 3 aromatic heterocycles. The van der Waals surface area contributed by atoms with Gasteiger partial charge in [-0.2, -0.15) is 0 Å². The summed E-state index contributed by atoms with van der Waals surface area (Å²) in [6.45, 7) is 6.84. The summed E-state index contributed by atoms with van der Waals surface area (Å²) in [6.07, 6.45) is 0. The molecule has 68 heavy (non-hydrogen) atoms. The highest BCUT2D eigenvalue weighted by Crippen LogP contribution is 2.38. The van der Waals surface area contributed by atoms with E-state index in [9.17, 15) is 0 Å². The summed E-state index contributed by atoms with van der Waals surface area (Å²) in [5, 5.41) is 12.4.